The van der Waals surface area contributed by atoms with Crippen LogP contribution in [0.1, 0.15) is 36.6 Å². The molecule has 40 heavy (non-hydrogen) atoms. The zero-order valence-corrected chi connectivity index (χ0v) is 24.9. The van der Waals surface area contributed by atoms with Crippen LogP contribution in [0.4, 0.5) is 0 Å². The summed E-state index contributed by atoms with van der Waals surface area (Å²) in [6.07, 6.45) is -0.977. The van der Waals surface area contributed by atoms with Gasteiger partial charge >= 0.3 is 0 Å². The van der Waals surface area contributed by atoms with Gasteiger partial charge in [-0.05, 0) is 61.9 Å². The molecule has 0 aromatic heterocycles. The first-order valence-corrected chi connectivity index (χ1v) is 15.5. The van der Waals surface area contributed by atoms with Crippen molar-refractivity contribution in [2.75, 3.05) is 13.8 Å². The second-order valence-corrected chi connectivity index (χ2v) is 13.7. The topological polar surface area (TPSA) is 85.4 Å². The van der Waals surface area contributed by atoms with E-state index >= 15 is 0 Å². The Kier molecular flexibility index (Phi) is 6.93. The Labute approximate surface area is 243 Å². The summed E-state index contributed by atoms with van der Waals surface area (Å²) in [6, 6.07) is 22.2. The van der Waals surface area contributed by atoms with Gasteiger partial charge in [0.1, 0.15) is 5.75 Å². The number of nitrogens with zero attached hydrogens (tertiary/aromatic N) is 2. The smallest absolute Gasteiger partial charge is 0.273 e. The molecule has 2 fully saturated rings. The third-order valence-corrected chi connectivity index (χ3v) is 10.2. The zero-order chi connectivity index (χ0) is 28.2. The molecule has 0 radical (unpaired) electrons. The number of carbonyl (C=O) groups excluding carboxylic acids is 1. The van der Waals surface area contributed by atoms with Gasteiger partial charge in [0.25, 0.3) is 10.1 Å². The summed E-state index contributed by atoms with van der Waals surface area (Å²) >= 11 is 3.50. The van der Waals surface area contributed by atoms with Crippen molar-refractivity contribution >= 4 is 32.0 Å². The van der Waals surface area contributed by atoms with Crippen molar-refractivity contribution in [1.82, 2.24) is 9.80 Å². The van der Waals surface area contributed by atoms with Crippen LogP contribution in [0, 0.1) is 11.8 Å². The lowest BCUT2D eigenvalue weighted by molar-refractivity contribution is -0.137. The van der Waals surface area contributed by atoms with Gasteiger partial charge in [-0.25, -0.2) is 4.18 Å². The van der Waals surface area contributed by atoms with E-state index in [1.54, 1.807) is 29.2 Å². The van der Waals surface area contributed by atoms with E-state index < -0.39 is 33.7 Å². The summed E-state index contributed by atoms with van der Waals surface area (Å²) in [7, 11) is -2.04. The Morgan fingerprint density at radius 2 is 1.68 bits per heavy atom. The van der Waals surface area contributed by atoms with Crippen LogP contribution in [0.2, 0.25) is 0 Å². The molecule has 0 aliphatic carbocycles. The second kappa shape index (κ2) is 10.2. The fraction of sp³-hybridized carbons (Fsp3) is 0.367. The van der Waals surface area contributed by atoms with Gasteiger partial charge in [-0.15, -0.1) is 0 Å². The summed E-state index contributed by atoms with van der Waals surface area (Å²) in [4.78, 5) is 18.1. The highest BCUT2D eigenvalue weighted by Gasteiger charge is 2.65. The molecular weight excluding hydrogens is 596 g/mol. The molecule has 10 heteroatoms. The molecule has 0 saturated carbocycles. The number of fused-ring (bicyclic) bond motifs is 2. The Hall–Kier alpha value is -2.92. The van der Waals surface area contributed by atoms with Crippen LogP contribution >= 0.6 is 15.9 Å². The van der Waals surface area contributed by atoms with Crippen molar-refractivity contribution in [1.29, 1.82) is 0 Å². The van der Waals surface area contributed by atoms with Crippen LogP contribution in [0.25, 0.3) is 0 Å². The third kappa shape index (κ3) is 4.81. The van der Waals surface area contributed by atoms with E-state index in [1.807, 2.05) is 55.6 Å². The molecule has 8 nitrogen and oxygen atoms in total. The van der Waals surface area contributed by atoms with Crippen LogP contribution in [-0.4, -0.2) is 49.7 Å². The predicted octanol–water partition coefficient (Wildman–Crippen LogP) is 5.09. The molecule has 0 spiro atoms. The molecule has 4 atom stereocenters. The lowest BCUT2D eigenvalue weighted by Crippen LogP contribution is -2.49. The largest absolute Gasteiger partial charge is 0.454 e. The average molecular weight is 628 g/mol. The highest BCUT2D eigenvalue weighted by atomic mass is 79.9. The number of ether oxygens (including phenoxy) is 2. The van der Waals surface area contributed by atoms with E-state index in [0.29, 0.717) is 17.1 Å². The van der Waals surface area contributed by atoms with E-state index in [-0.39, 0.29) is 31.0 Å². The second-order valence-electron chi connectivity index (χ2n) is 11.1. The molecule has 0 N–H and O–H groups in total. The lowest BCUT2D eigenvalue weighted by Gasteiger charge is -2.39. The fourth-order valence-corrected chi connectivity index (χ4v) is 7.82. The van der Waals surface area contributed by atoms with Crippen LogP contribution in [-0.2, 0) is 31.4 Å². The van der Waals surface area contributed by atoms with Crippen molar-refractivity contribution in [3.8, 4) is 11.5 Å². The van der Waals surface area contributed by atoms with E-state index in [9.17, 15) is 13.2 Å². The van der Waals surface area contributed by atoms with Crippen molar-refractivity contribution in [3.63, 3.8) is 0 Å². The summed E-state index contributed by atoms with van der Waals surface area (Å²) in [6.45, 7) is 4.44. The number of likely N-dealkylation sites (tertiary alicyclic amines) is 2. The molecule has 3 aliphatic heterocycles. The number of rotatable bonds is 7. The predicted molar refractivity (Wildman–Crippen MR) is 153 cm³/mol. The molecule has 6 rings (SSSR count). The summed E-state index contributed by atoms with van der Waals surface area (Å²) in [5, 5.41) is 0. The Balaban J connectivity index is 1.39. The normalized spacial score (nSPS) is 25.4. The van der Waals surface area contributed by atoms with E-state index in [0.717, 1.165) is 15.6 Å². The zero-order valence-electron chi connectivity index (χ0n) is 22.5. The number of hydrogen-bond donors (Lipinski definition) is 0. The molecule has 3 aromatic rings. The number of benzene rings is 3. The monoisotopic (exact) mass is 626 g/mol. The van der Waals surface area contributed by atoms with E-state index in [2.05, 4.69) is 34.7 Å². The van der Waals surface area contributed by atoms with Crippen molar-refractivity contribution in [2.24, 2.45) is 11.8 Å². The molecule has 3 aromatic carbocycles. The average Bonchev–Trinajstić information content (AvgIpc) is 3.54. The SMILES string of the molecule is CN1C(c2ccc(Br)cc2)C2C(=O)N(Cc3ccc4c(c3)OCO4)C(OS(=O)(=O)Cc3ccccc3)C2C1(C)C. The van der Waals surface area contributed by atoms with Crippen LogP contribution in [0.5, 0.6) is 11.5 Å². The molecule has 1 amide bonds. The Morgan fingerprint density at radius 1 is 0.975 bits per heavy atom. The quantitative estimate of drug-likeness (QED) is 0.338. The van der Waals surface area contributed by atoms with E-state index in [4.69, 9.17) is 13.7 Å². The Bertz CT molecular complexity index is 1530. The molecule has 3 heterocycles. The van der Waals surface area contributed by atoms with Gasteiger partial charge in [-0.2, -0.15) is 8.42 Å². The summed E-state index contributed by atoms with van der Waals surface area (Å²) in [5.74, 6) is -0.0607. The first kappa shape index (κ1) is 27.3. The number of hydrogen-bond acceptors (Lipinski definition) is 7. The first-order chi connectivity index (χ1) is 19.0. The first-order valence-electron chi connectivity index (χ1n) is 13.2. The van der Waals surface area contributed by atoms with Gasteiger partial charge in [0.05, 0.1) is 5.92 Å². The molecule has 2 saturated heterocycles. The van der Waals surface area contributed by atoms with Crippen molar-refractivity contribution in [2.45, 2.75) is 44.0 Å². The van der Waals surface area contributed by atoms with E-state index in [1.165, 1.54) is 0 Å². The summed E-state index contributed by atoms with van der Waals surface area (Å²) in [5.41, 5.74) is 1.88. The minimum absolute atomic E-state index is 0.132. The molecule has 4 unspecified atom stereocenters. The highest BCUT2D eigenvalue weighted by Crippen LogP contribution is 2.56. The molecular formula is C30H31BrN2O6S. The van der Waals surface area contributed by atoms with Crippen LogP contribution in [0.15, 0.2) is 77.3 Å². The standard InChI is InChI=1S/C30H31BrN2O6S/c1-30(2)26-25(27(32(30)3)21-10-12-22(31)13-11-21)28(34)33(16-20-9-14-23-24(15-20)38-18-37-23)29(26)39-40(35,36)17-19-7-5-4-6-8-19/h4-15,25-27,29H,16-18H2,1-3H3. The maximum Gasteiger partial charge on any atom is 0.273 e. The third-order valence-electron chi connectivity index (χ3n) is 8.48. The molecule has 0 bridgehead atoms. The van der Waals surface area contributed by atoms with Crippen molar-refractivity contribution in [3.05, 3.63) is 94.0 Å². The number of amides is 1. The lowest BCUT2D eigenvalue weighted by atomic mass is 9.81. The maximum atomic E-state index is 14.3. The molecule has 3 aliphatic rings. The van der Waals surface area contributed by atoms with Gasteiger partial charge in [-0.1, -0.05) is 64.5 Å². The van der Waals surface area contributed by atoms with Crippen LogP contribution < -0.4 is 9.47 Å². The molecule has 210 valence electrons. The fourth-order valence-electron chi connectivity index (χ4n) is 6.37. The maximum absolute atomic E-state index is 14.3. The number of carbonyl (C=O) groups is 1. The highest BCUT2D eigenvalue weighted by molar-refractivity contribution is 9.10. The van der Waals surface area contributed by atoms with Gasteiger partial charge in [0.2, 0.25) is 12.7 Å². The minimum atomic E-state index is -4.03. The van der Waals surface area contributed by atoms with Gasteiger partial charge in [-0.3, -0.25) is 9.69 Å². The van der Waals surface area contributed by atoms with Gasteiger partial charge < -0.3 is 14.4 Å². The van der Waals surface area contributed by atoms with Gasteiger partial charge in [0, 0.05) is 28.5 Å². The van der Waals surface area contributed by atoms with Crippen molar-refractivity contribution < 1.29 is 26.9 Å². The number of halogens is 1. The van der Waals surface area contributed by atoms with Gasteiger partial charge in [0.15, 0.2) is 17.7 Å². The van der Waals surface area contributed by atoms with Crippen LogP contribution in [0.3, 0.4) is 0 Å². The minimum Gasteiger partial charge on any atom is -0.454 e. The Morgan fingerprint density at radius 3 is 2.40 bits per heavy atom. The summed E-state index contributed by atoms with van der Waals surface area (Å²) < 4.78 is 44.9.